The lowest BCUT2D eigenvalue weighted by Crippen LogP contribution is -2.36. The van der Waals surface area contributed by atoms with Gasteiger partial charge in [-0.25, -0.2) is 4.98 Å². The second-order valence-electron chi connectivity index (χ2n) is 6.12. The van der Waals surface area contributed by atoms with Gasteiger partial charge in [-0.05, 0) is 18.8 Å². The molecule has 2 aromatic heterocycles. The van der Waals surface area contributed by atoms with Gasteiger partial charge in [0.15, 0.2) is 11.5 Å². The number of halogens is 3. The molecule has 0 saturated carbocycles. The monoisotopic (exact) mass is 373 g/mol. The van der Waals surface area contributed by atoms with Crippen LogP contribution in [0.4, 0.5) is 19.2 Å². The molecule has 0 amide bonds. The molecule has 1 saturated heterocycles. The molecule has 0 aliphatic carbocycles. The maximum Gasteiger partial charge on any atom is 0.433 e. The van der Waals surface area contributed by atoms with Crippen molar-refractivity contribution >= 4 is 6.01 Å². The van der Waals surface area contributed by atoms with Crippen LogP contribution in [0.5, 0.6) is 0 Å². The van der Waals surface area contributed by atoms with Gasteiger partial charge in [0.2, 0.25) is 0 Å². The SMILES string of the molecule is COCc1noc(N2CCC(Cn3cnc(C(F)(F)F)cc3=O)CC2)n1. The summed E-state index contributed by atoms with van der Waals surface area (Å²) in [6.07, 6.45) is -2.16. The minimum Gasteiger partial charge on any atom is -0.377 e. The highest BCUT2D eigenvalue weighted by Crippen LogP contribution is 2.26. The maximum atomic E-state index is 12.6. The molecule has 26 heavy (non-hydrogen) atoms. The van der Waals surface area contributed by atoms with E-state index in [0.29, 0.717) is 37.5 Å². The van der Waals surface area contributed by atoms with Crippen LogP contribution in [0.2, 0.25) is 0 Å². The lowest BCUT2D eigenvalue weighted by atomic mass is 9.97. The van der Waals surface area contributed by atoms with Crippen LogP contribution in [-0.2, 0) is 24.1 Å². The van der Waals surface area contributed by atoms with Gasteiger partial charge in [-0.3, -0.25) is 9.36 Å². The van der Waals surface area contributed by atoms with Crippen LogP contribution in [0.15, 0.2) is 21.7 Å². The Labute approximate surface area is 146 Å². The molecule has 2 aromatic rings. The predicted molar refractivity (Wildman–Crippen MR) is 83.4 cm³/mol. The van der Waals surface area contributed by atoms with Gasteiger partial charge < -0.3 is 14.2 Å². The second kappa shape index (κ2) is 7.44. The highest BCUT2D eigenvalue weighted by atomic mass is 19.4. The molecule has 8 nitrogen and oxygen atoms in total. The molecule has 3 heterocycles. The Morgan fingerprint density at radius 1 is 1.35 bits per heavy atom. The first kappa shape index (κ1) is 18.4. The summed E-state index contributed by atoms with van der Waals surface area (Å²) in [6.45, 7) is 1.91. The minimum absolute atomic E-state index is 0.156. The summed E-state index contributed by atoms with van der Waals surface area (Å²) in [4.78, 5) is 21.4. The molecule has 1 aliphatic rings. The summed E-state index contributed by atoms with van der Waals surface area (Å²) in [7, 11) is 1.54. The van der Waals surface area contributed by atoms with E-state index < -0.39 is 17.4 Å². The van der Waals surface area contributed by atoms with Crippen molar-refractivity contribution in [2.45, 2.75) is 32.2 Å². The van der Waals surface area contributed by atoms with Crippen molar-refractivity contribution < 1.29 is 22.4 Å². The fraction of sp³-hybridized carbons (Fsp3) is 0.600. The second-order valence-corrected chi connectivity index (χ2v) is 6.12. The first-order valence-electron chi connectivity index (χ1n) is 8.07. The van der Waals surface area contributed by atoms with Crippen LogP contribution in [0.25, 0.3) is 0 Å². The molecule has 142 valence electrons. The van der Waals surface area contributed by atoms with Crippen molar-refractivity contribution in [1.29, 1.82) is 0 Å². The van der Waals surface area contributed by atoms with Gasteiger partial charge in [0.25, 0.3) is 5.56 Å². The molecule has 0 radical (unpaired) electrons. The summed E-state index contributed by atoms with van der Waals surface area (Å²) in [6, 6.07) is 0.953. The standard InChI is InChI=1S/C15H18F3N5O3/c1-25-8-12-20-14(26-21-12)22-4-2-10(3-5-22)7-23-9-19-11(6-13(23)24)15(16,17)18/h6,9-10H,2-5,7-8H2,1H3. The number of nitrogens with zero attached hydrogens (tertiary/aromatic N) is 5. The zero-order valence-electron chi connectivity index (χ0n) is 14.1. The Balaban J connectivity index is 1.58. The van der Waals surface area contributed by atoms with Gasteiger partial charge in [0.05, 0.1) is 6.33 Å². The molecular weight excluding hydrogens is 355 g/mol. The van der Waals surface area contributed by atoms with Gasteiger partial charge in [0, 0.05) is 32.8 Å². The Bertz CT molecular complexity index is 796. The third-order valence-corrected chi connectivity index (χ3v) is 4.24. The summed E-state index contributed by atoms with van der Waals surface area (Å²) in [5.74, 6) is 0.621. The van der Waals surface area contributed by atoms with E-state index in [-0.39, 0.29) is 12.5 Å². The summed E-state index contributed by atoms with van der Waals surface area (Å²) >= 11 is 0. The van der Waals surface area contributed by atoms with E-state index in [4.69, 9.17) is 9.26 Å². The van der Waals surface area contributed by atoms with Crippen LogP contribution < -0.4 is 10.5 Å². The molecule has 0 aromatic carbocycles. The zero-order valence-corrected chi connectivity index (χ0v) is 14.1. The number of aromatic nitrogens is 4. The number of anilines is 1. The Hall–Kier alpha value is -2.43. The van der Waals surface area contributed by atoms with Crippen molar-refractivity contribution in [2.24, 2.45) is 5.92 Å². The quantitative estimate of drug-likeness (QED) is 0.789. The first-order valence-corrected chi connectivity index (χ1v) is 8.07. The van der Waals surface area contributed by atoms with E-state index in [1.807, 2.05) is 4.90 Å². The smallest absolute Gasteiger partial charge is 0.377 e. The number of piperidine rings is 1. The van der Waals surface area contributed by atoms with Gasteiger partial charge in [-0.15, -0.1) is 0 Å². The number of alkyl halides is 3. The first-order chi connectivity index (χ1) is 12.4. The van der Waals surface area contributed by atoms with Crippen molar-refractivity contribution in [3.63, 3.8) is 0 Å². The molecule has 1 aliphatic heterocycles. The molecule has 0 atom stereocenters. The van der Waals surface area contributed by atoms with Crippen LogP contribution >= 0.6 is 0 Å². The maximum absolute atomic E-state index is 12.6. The molecule has 11 heteroatoms. The summed E-state index contributed by atoms with van der Waals surface area (Å²) < 4.78 is 49.1. The van der Waals surface area contributed by atoms with Crippen LogP contribution in [0, 0.1) is 5.92 Å². The Morgan fingerprint density at radius 3 is 2.69 bits per heavy atom. The largest absolute Gasteiger partial charge is 0.433 e. The van der Waals surface area contributed by atoms with Crippen LogP contribution in [0.3, 0.4) is 0 Å². The zero-order chi connectivity index (χ0) is 18.7. The summed E-state index contributed by atoms with van der Waals surface area (Å²) in [5, 5.41) is 3.81. The molecule has 0 N–H and O–H groups in total. The average Bonchev–Trinajstić information content (AvgIpc) is 3.05. The third kappa shape index (κ3) is 4.21. The van der Waals surface area contributed by atoms with E-state index in [1.165, 1.54) is 4.57 Å². The molecule has 0 unspecified atom stereocenters. The normalized spacial score (nSPS) is 16.2. The Morgan fingerprint density at radius 2 is 2.08 bits per heavy atom. The Kier molecular flexibility index (Phi) is 5.25. The van der Waals surface area contributed by atoms with E-state index in [0.717, 1.165) is 19.2 Å². The molecule has 3 rings (SSSR count). The fourth-order valence-electron chi connectivity index (χ4n) is 2.86. The lowest BCUT2D eigenvalue weighted by molar-refractivity contribution is -0.141. The van der Waals surface area contributed by atoms with Crippen molar-refractivity contribution in [1.82, 2.24) is 19.7 Å². The topological polar surface area (TPSA) is 86.3 Å². The van der Waals surface area contributed by atoms with Gasteiger partial charge >= 0.3 is 12.2 Å². The summed E-state index contributed by atoms with van der Waals surface area (Å²) in [5.41, 5.74) is -1.87. The van der Waals surface area contributed by atoms with Gasteiger partial charge in [-0.2, -0.15) is 18.2 Å². The van der Waals surface area contributed by atoms with Gasteiger partial charge in [-0.1, -0.05) is 5.16 Å². The van der Waals surface area contributed by atoms with Crippen LogP contribution in [-0.4, -0.2) is 39.9 Å². The third-order valence-electron chi connectivity index (χ3n) is 4.24. The highest BCUT2D eigenvalue weighted by molar-refractivity contribution is 5.25. The molecular formula is C15H18F3N5O3. The number of hydrogen-bond acceptors (Lipinski definition) is 7. The van der Waals surface area contributed by atoms with E-state index in [1.54, 1.807) is 7.11 Å². The van der Waals surface area contributed by atoms with E-state index in [9.17, 15) is 18.0 Å². The van der Waals surface area contributed by atoms with Crippen molar-refractivity contribution in [2.75, 3.05) is 25.1 Å². The van der Waals surface area contributed by atoms with E-state index in [2.05, 4.69) is 15.1 Å². The van der Waals surface area contributed by atoms with Crippen molar-refractivity contribution in [3.05, 3.63) is 34.3 Å². The van der Waals surface area contributed by atoms with Crippen molar-refractivity contribution in [3.8, 4) is 0 Å². The molecule has 0 spiro atoms. The number of hydrogen-bond donors (Lipinski definition) is 0. The molecule has 1 fully saturated rings. The lowest BCUT2D eigenvalue weighted by Gasteiger charge is -2.30. The number of rotatable bonds is 5. The number of methoxy groups -OCH3 is 1. The van der Waals surface area contributed by atoms with E-state index >= 15 is 0 Å². The average molecular weight is 373 g/mol. The highest BCUT2D eigenvalue weighted by Gasteiger charge is 2.33. The minimum atomic E-state index is -4.62. The fourth-order valence-corrected chi connectivity index (χ4v) is 2.86. The predicted octanol–water partition coefficient (Wildman–Crippen LogP) is 1.71. The number of ether oxygens (including phenoxy) is 1. The molecule has 0 bridgehead atoms. The van der Waals surface area contributed by atoms with Gasteiger partial charge in [0.1, 0.15) is 6.61 Å². The van der Waals surface area contributed by atoms with Crippen LogP contribution in [0.1, 0.15) is 24.4 Å².